The zero-order chi connectivity index (χ0) is 20.3. The van der Waals surface area contributed by atoms with Crippen molar-refractivity contribution >= 4 is 0 Å². The second-order valence-corrected chi connectivity index (χ2v) is 7.59. The second-order valence-electron chi connectivity index (χ2n) is 7.59. The molecule has 4 heteroatoms. The van der Waals surface area contributed by atoms with Crippen molar-refractivity contribution in [1.82, 2.24) is 0 Å². The van der Waals surface area contributed by atoms with Crippen molar-refractivity contribution in [2.75, 3.05) is 0 Å². The van der Waals surface area contributed by atoms with Gasteiger partial charge in [0.05, 0.1) is 5.41 Å². The number of aliphatic hydroxyl groups is 2. The van der Waals surface area contributed by atoms with E-state index in [-0.39, 0.29) is 0 Å². The zero-order valence-corrected chi connectivity index (χ0v) is 17.8. The van der Waals surface area contributed by atoms with Crippen LogP contribution >= 0.6 is 0 Å². The molecule has 0 saturated heterocycles. The minimum absolute atomic E-state index is 0.415. The Bertz CT molecular complexity index is 654. The molecule has 0 aliphatic carbocycles. The van der Waals surface area contributed by atoms with Gasteiger partial charge in [-0.25, -0.2) is 0 Å². The van der Waals surface area contributed by atoms with E-state index in [1.54, 1.807) is 0 Å². The highest BCUT2D eigenvalue weighted by molar-refractivity contribution is 5.32. The third-order valence-electron chi connectivity index (χ3n) is 6.62. The van der Waals surface area contributed by atoms with E-state index in [1.807, 2.05) is 52.0 Å². The summed E-state index contributed by atoms with van der Waals surface area (Å²) in [7, 11) is 0. The SMILES string of the molecule is CCC(O)(CC)c1ccc(C(CC)(CC)c2ccc(C(O)(CC)CC)o2)o1. The van der Waals surface area contributed by atoms with Crippen molar-refractivity contribution in [3.8, 4) is 0 Å². The van der Waals surface area contributed by atoms with E-state index in [0.717, 1.165) is 24.4 Å². The molecule has 0 bridgehead atoms. The third-order valence-corrected chi connectivity index (χ3v) is 6.62. The van der Waals surface area contributed by atoms with Gasteiger partial charge in [0.15, 0.2) is 0 Å². The molecule has 0 saturated carbocycles. The van der Waals surface area contributed by atoms with E-state index in [0.29, 0.717) is 37.2 Å². The summed E-state index contributed by atoms with van der Waals surface area (Å²) in [6, 6.07) is 7.71. The quantitative estimate of drug-likeness (QED) is 0.534. The fourth-order valence-electron chi connectivity index (χ4n) is 3.96. The van der Waals surface area contributed by atoms with Crippen LogP contribution in [0.5, 0.6) is 0 Å². The third kappa shape index (κ3) is 3.62. The first-order valence-electron chi connectivity index (χ1n) is 10.4. The smallest absolute Gasteiger partial charge is 0.135 e. The van der Waals surface area contributed by atoms with Crippen LogP contribution in [-0.4, -0.2) is 10.2 Å². The summed E-state index contributed by atoms with van der Waals surface area (Å²) in [5.41, 5.74) is -2.30. The highest BCUT2D eigenvalue weighted by atomic mass is 16.4. The fourth-order valence-corrected chi connectivity index (χ4v) is 3.96. The van der Waals surface area contributed by atoms with Crippen molar-refractivity contribution < 1.29 is 19.0 Å². The Hall–Kier alpha value is -1.52. The van der Waals surface area contributed by atoms with Gasteiger partial charge in [-0.1, -0.05) is 41.5 Å². The molecule has 2 rings (SSSR count). The molecule has 2 aromatic rings. The van der Waals surface area contributed by atoms with Gasteiger partial charge in [-0.15, -0.1) is 0 Å². The molecule has 27 heavy (non-hydrogen) atoms. The van der Waals surface area contributed by atoms with E-state index in [1.165, 1.54) is 0 Å². The summed E-state index contributed by atoms with van der Waals surface area (Å²) in [5, 5.41) is 21.6. The average Bonchev–Trinajstić information content (AvgIpc) is 3.40. The molecule has 0 spiro atoms. The first kappa shape index (κ1) is 21.8. The number of rotatable bonds is 10. The van der Waals surface area contributed by atoms with Crippen molar-refractivity contribution in [2.45, 2.75) is 96.7 Å². The fraction of sp³-hybridized carbons (Fsp3) is 0.652. The first-order valence-corrected chi connectivity index (χ1v) is 10.4. The van der Waals surface area contributed by atoms with Gasteiger partial charge in [0, 0.05) is 0 Å². The summed E-state index contributed by atoms with van der Waals surface area (Å²) in [6.45, 7) is 12.1. The minimum atomic E-state index is -0.940. The Balaban J connectivity index is 2.51. The van der Waals surface area contributed by atoms with E-state index >= 15 is 0 Å². The molecule has 0 fully saturated rings. The molecule has 0 radical (unpaired) electrons. The maximum absolute atomic E-state index is 10.8. The molecule has 0 amide bonds. The highest BCUT2D eigenvalue weighted by Crippen LogP contribution is 2.44. The van der Waals surface area contributed by atoms with Gasteiger partial charge in [0.25, 0.3) is 0 Å². The van der Waals surface area contributed by atoms with Gasteiger partial charge >= 0.3 is 0 Å². The lowest BCUT2D eigenvalue weighted by Gasteiger charge is -2.29. The Morgan fingerprint density at radius 3 is 1.11 bits per heavy atom. The Kier molecular flexibility index (Phi) is 6.64. The lowest BCUT2D eigenvalue weighted by Crippen LogP contribution is -2.26. The molecule has 152 valence electrons. The van der Waals surface area contributed by atoms with Crippen LogP contribution in [0.25, 0.3) is 0 Å². The summed E-state index contributed by atoms with van der Waals surface area (Å²) in [6.07, 6.45) is 4.02. The van der Waals surface area contributed by atoms with Crippen molar-refractivity contribution in [3.05, 3.63) is 47.3 Å². The maximum Gasteiger partial charge on any atom is 0.135 e. The lowest BCUT2D eigenvalue weighted by molar-refractivity contribution is 0.00253. The zero-order valence-electron chi connectivity index (χ0n) is 17.8. The Morgan fingerprint density at radius 1 is 0.556 bits per heavy atom. The van der Waals surface area contributed by atoms with Crippen molar-refractivity contribution in [2.24, 2.45) is 0 Å². The average molecular weight is 377 g/mol. The van der Waals surface area contributed by atoms with E-state index < -0.39 is 16.6 Å². The number of hydrogen-bond donors (Lipinski definition) is 2. The van der Waals surface area contributed by atoms with Gasteiger partial charge < -0.3 is 19.0 Å². The predicted molar refractivity (Wildman–Crippen MR) is 108 cm³/mol. The lowest BCUT2D eigenvalue weighted by atomic mass is 9.78. The Morgan fingerprint density at radius 2 is 0.852 bits per heavy atom. The van der Waals surface area contributed by atoms with E-state index in [9.17, 15) is 10.2 Å². The van der Waals surface area contributed by atoms with Crippen LogP contribution in [0.2, 0.25) is 0 Å². The van der Waals surface area contributed by atoms with Crippen LogP contribution in [0.15, 0.2) is 33.1 Å². The van der Waals surface area contributed by atoms with Gasteiger partial charge in [0.1, 0.15) is 34.2 Å². The topological polar surface area (TPSA) is 66.7 Å². The van der Waals surface area contributed by atoms with Crippen molar-refractivity contribution in [1.29, 1.82) is 0 Å². The van der Waals surface area contributed by atoms with Gasteiger partial charge in [0.2, 0.25) is 0 Å². The van der Waals surface area contributed by atoms with Crippen LogP contribution in [0.4, 0.5) is 0 Å². The summed E-state index contributed by atoms with van der Waals surface area (Å²) in [4.78, 5) is 0. The molecule has 2 heterocycles. The van der Waals surface area contributed by atoms with E-state index in [4.69, 9.17) is 8.83 Å². The molecule has 0 aliphatic heterocycles. The number of hydrogen-bond acceptors (Lipinski definition) is 4. The molecule has 0 aliphatic rings. The summed E-state index contributed by atoms with van der Waals surface area (Å²) < 4.78 is 12.4. The largest absolute Gasteiger partial charge is 0.462 e. The van der Waals surface area contributed by atoms with Gasteiger partial charge in [-0.2, -0.15) is 0 Å². The molecular weight excluding hydrogens is 340 g/mol. The van der Waals surface area contributed by atoms with Crippen LogP contribution in [0.1, 0.15) is 103 Å². The van der Waals surface area contributed by atoms with Crippen LogP contribution in [-0.2, 0) is 16.6 Å². The maximum atomic E-state index is 10.8. The molecule has 2 N–H and O–H groups in total. The molecule has 4 nitrogen and oxygen atoms in total. The van der Waals surface area contributed by atoms with Crippen LogP contribution in [0, 0.1) is 0 Å². The molecule has 0 atom stereocenters. The standard InChI is InChI=1S/C23H36O4/c1-7-21(8-2,17-13-15-19(26-17)22(24,9-3)10-4)18-14-16-20(27-18)23(25,11-5)12-6/h13-16,24-25H,7-12H2,1-6H3. The highest BCUT2D eigenvalue weighted by Gasteiger charge is 2.40. The molecular formula is C23H36O4. The number of furan rings is 2. The monoisotopic (exact) mass is 376 g/mol. The molecule has 2 aromatic heterocycles. The minimum Gasteiger partial charge on any atom is -0.462 e. The summed E-state index contributed by atoms with van der Waals surface area (Å²) >= 11 is 0. The Labute approximate surface area is 163 Å². The van der Waals surface area contributed by atoms with Gasteiger partial charge in [-0.05, 0) is 62.8 Å². The van der Waals surface area contributed by atoms with Crippen LogP contribution < -0.4 is 0 Å². The van der Waals surface area contributed by atoms with E-state index in [2.05, 4.69) is 13.8 Å². The van der Waals surface area contributed by atoms with Crippen molar-refractivity contribution in [3.63, 3.8) is 0 Å². The molecule has 0 unspecified atom stereocenters. The van der Waals surface area contributed by atoms with Gasteiger partial charge in [-0.3, -0.25) is 0 Å². The normalized spacial score (nSPS) is 13.3. The second kappa shape index (κ2) is 8.24. The molecule has 0 aromatic carbocycles. The summed E-state index contributed by atoms with van der Waals surface area (Å²) in [5.74, 6) is 2.83. The predicted octanol–water partition coefficient (Wildman–Crippen LogP) is 5.99. The first-order chi connectivity index (χ1) is 12.8. The van der Waals surface area contributed by atoms with Crippen LogP contribution in [0.3, 0.4) is 0 Å².